The second-order valence-corrected chi connectivity index (χ2v) is 7.70. The van der Waals surface area contributed by atoms with Gasteiger partial charge in [0.25, 0.3) is 0 Å². The van der Waals surface area contributed by atoms with Gasteiger partial charge in [-0.2, -0.15) is 0 Å². The third-order valence-electron chi connectivity index (χ3n) is 2.92. The predicted octanol–water partition coefficient (Wildman–Crippen LogP) is 1.35. The van der Waals surface area contributed by atoms with E-state index in [1.165, 1.54) is 0 Å². The second-order valence-electron chi connectivity index (χ2n) is 4.55. The van der Waals surface area contributed by atoms with Crippen LogP contribution in [0.4, 0.5) is 0 Å². The molecule has 102 valence electrons. The minimum Gasteiger partial charge on any atom is -0.348 e. The average Bonchev–Trinajstić information content (AvgIpc) is 2.35. The van der Waals surface area contributed by atoms with E-state index in [4.69, 9.17) is 24.4 Å². The van der Waals surface area contributed by atoms with Crippen LogP contribution in [-0.4, -0.2) is 80.5 Å². The molecule has 2 rings (SSSR count). The molecule has 2 aliphatic heterocycles. The molecule has 0 bridgehead atoms. The summed E-state index contributed by atoms with van der Waals surface area (Å²) in [6, 6.07) is 0. The third kappa shape index (κ3) is 3.94. The van der Waals surface area contributed by atoms with Crippen LogP contribution in [0.3, 0.4) is 0 Å². The highest BCUT2D eigenvalue weighted by atomic mass is 32.2. The van der Waals surface area contributed by atoms with Gasteiger partial charge in [0.2, 0.25) is 0 Å². The zero-order valence-corrected chi connectivity index (χ0v) is 13.9. The lowest BCUT2D eigenvalue weighted by Crippen LogP contribution is -2.48. The largest absolute Gasteiger partial charge is 0.348 e. The number of thioether (sulfide) groups is 2. The Bertz CT molecular complexity index is 306. The maximum Gasteiger partial charge on any atom is 0.138 e. The molecule has 0 atom stereocenters. The molecule has 2 heterocycles. The first-order chi connectivity index (χ1) is 8.56. The minimum atomic E-state index is 0.946. The van der Waals surface area contributed by atoms with Gasteiger partial charge in [-0.3, -0.25) is 9.80 Å². The van der Waals surface area contributed by atoms with Crippen molar-refractivity contribution in [1.29, 1.82) is 0 Å². The molecule has 0 spiro atoms. The van der Waals surface area contributed by atoms with Gasteiger partial charge in [0.05, 0.1) is 25.1 Å². The summed E-state index contributed by atoms with van der Waals surface area (Å²) >= 11 is 14.0. The third-order valence-corrected chi connectivity index (χ3v) is 6.36. The Hall–Kier alpha value is 0.400. The van der Waals surface area contributed by atoms with E-state index in [0.29, 0.717) is 0 Å². The highest BCUT2D eigenvalue weighted by Gasteiger charge is 2.21. The van der Waals surface area contributed by atoms with Crippen molar-refractivity contribution in [3.63, 3.8) is 0 Å². The maximum absolute atomic E-state index is 5.25. The van der Waals surface area contributed by atoms with Crippen LogP contribution in [0.2, 0.25) is 0 Å². The SMILES string of the molecule is CN1CN(CCN2CSC(=S)N(C)C2)CSC1=S. The minimum absolute atomic E-state index is 0.946. The second kappa shape index (κ2) is 6.71. The fourth-order valence-electron chi connectivity index (χ4n) is 1.86. The summed E-state index contributed by atoms with van der Waals surface area (Å²) in [6.45, 7) is 4.06. The molecular formula is C10H18N4S4. The maximum atomic E-state index is 5.25. The summed E-state index contributed by atoms with van der Waals surface area (Å²) in [4.78, 5) is 9.13. The Kier molecular flexibility index (Phi) is 5.52. The van der Waals surface area contributed by atoms with E-state index in [9.17, 15) is 0 Å². The standard InChI is InChI=1S/C10H18N4S4/c1-11-5-13(7-17-9(11)15)3-4-14-6-12(2)10(16)18-8-14/h3-8H2,1-2H3. The van der Waals surface area contributed by atoms with Gasteiger partial charge in [-0.1, -0.05) is 48.0 Å². The van der Waals surface area contributed by atoms with Crippen molar-refractivity contribution in [3.05, 3.63) is 0 Å². The van der Waals surface area contributed by atoms with Gasteiger partial charge >= 0.3 is 0 Å². The monoisotopic (exact) mass is 322 g/mol. The summed E-state index contributed by atoms with van der Waals surface area (Å²) in [7, 11) is 4.12. The molecule has 2 aliphatic rings. The van der Waals surface area contributed by atoms with Crippen molar-refractivity contribution < 1.29 is 0 Å². The van der Waals surface area contributed by atoms with E-state index >= 15 is 0 Å². The van der Waals surface area contributed by atoms with Crippen LogP contribution in [0.1, 0.15) is 0 Å². The highest BCUT2D eigenvalue weighted by Crippen LogP contribution is 2.19. The van der Waals surface area contributed by atoms with Crippen LogP contribution in [0.15, 0.2) is 0 Å². The summed E-state index contributed by atoms with van der Waals surface area (Å²) in [6.07, 6.45) is 0. The summed E-state index contributed by atoms with van der Waals surface area (Å²) in [5, 5.41) is 0. The van der Waals surface area contributed by atoms with E-state index in [0.717, 1.165) is 46.8 Å². The van der Waals surface area contributed by atoms with E-state index < -0.39 is 0 Å². The Morgan fingerprint density at radius 3 is 1.61 bits per heavy atom. The van der Waals surface area contributed by atoms with Crippen molar-refractivity contribution >= 4 is 56.6 Å². The number of thiocarbonyl (C=S) groups is 2. The molecule has 0 amide bonds. The van der Waals surface area contributed by atoms with E-state index in [-0.39, 0.29) is 0 Å². The van der Waals surface area contributed by atoms with Crippen LogP contribution in [-0.2, 0) is 0 Å². The van der Waals surface area contributed by atoms with Crippen LogP contribution >= 0.6 is 48.0 Å². The molecule has 0 N–H and O–H groups in total. The molecular weight excluding hydrogens is 304 g/mol. The molecule has 2 fully saturated rings. The van der Waals surface area contributed by atoms with Gasteiger partial charge in [-0.15, -0.1) is 0 Å². The zero-order chi connectivity index (χ0) is 13.1. The summed E-state index contributed by atoms with van der Waals surface area (Å²) in [5.74, 6) is 2.02. The molecule has 2 saturated heterocycles. The quantitative estimate of drug-likeness (QED) is 0.713. The van der Waals surface area contributed by atoms with Crippen molar-refractivity contribution in [2.45, 2.75) is 0 Å². The van der Waals surface area contributed by atoms with Crippen LogP contribution in [0.25, 0.3) is 0 Å². The highest BCUT2D eigenvalue weighted by molar-refractivity contribution is 8.23. The first kappa shape index (κ1) is 14.8. The summed E-state index contributed by atoms with van der Waals surface area (Å²) < 4.78 is 2.01. The number of nitrogens with zero attached hydrogens (tertiary/aromatic N) is 4. The van der Waals surface area contributed by atoms with Gasteiger partial charge in [-0.25, -0.2) is 0 Å². The van der Waals surface area contributed by atoms with E-state index in [1.54, 1.807) is 23.5 Å². The topological polar surface area (TPSA) is 13.0 Å². The van der Waals surface area contributed by atoms with Crippen LogP contribution in [0, 0.1) is 0 Å². The first-order valence-electron chi connectivity index (χ1n) is 5.77. The van der Waals surface area contributed by atoms with Crippen molar-refractivity contribution in [1.82, 2.24) is 19.6 Å². The molecule has 18 heavy (non-hydrogen) atoms. The van der Waals surface area contributed by atoms with Crippen LogP contribution < -0.4 is 0 Å². The van der Waals surface area contributed by atoms with Crippen molar-refractivity contribution in [3.8, 4) is 0 Å². The molecule has 8 heteroatoms. The smallest absolute Gasteiger partial charge is 0.138 e. The molecule has 4 nitrogen and oxygen atoms in total. The van der Waals surface area contributed by atoms with Crippen LogP contribution in [0.5, 0.6) is 0 Å². The van der Waals surface area contributed by atoms with Gasteiger partial charge in [0.1, 0.15) is 8.64 Å². The molecule has 0 aromatic heterocycles. The van der Waals surface area contributed by atoms with E-state index in [2.05, 4.69) is 33.7 Å². The lowest BCUT2D eigenvalue weighted by Gasteiger charge is -2.38. The fourth-order valence-corrected chi connectivity index (χ4v) is 3.86. The molecule has 0 aromatic rings. The Morgan fingerprint density at radius 2 is 1.28 bits per heavy atom. The molecule has 0 radical (unpaired) electrons. The van der Waals surface area contributed by atoms with Gasteiger partial charge in [0, 0.05) is 27.2 Å². The fraction of sp³-hybridized carbons (Fsp3) is 0.800. The number of rotatable bonds is 3. The Morgan fingerprint density at radius 1 is 0.889 bits per heavy atom. The van der Waals surface area contributed by atoms with E-state index in [1.807, 2.05) is 0 Å². The first-order valence-corrected chi connectivity index (χ1v) is 8.55. The molecule has 0 aromatic carbocycles. The lowest BCUT2D eigenvalue weighted by atomic mass is 10.5. The average molecular weight is 323 g/mol. The predicted molar refractivity (Wildman–Crippen MR) is 88.8 cm³/mol. The van der Waals surface area contributed by atoms with Gasteiger partial charge < -0.3 is 9.80 Å². The Labute approximate surface area is 128 Å². The number of hydrogen-bond acceptors (Lipinski definition) is 6. The normalized spacial score (nSPS) is 23.9. The van der Waals surface area contributed by atoms with Gasteiger partial charge in [0.15, 0.2) is 0 Å². The molecule has 0 saturated carbocycles. The van der Waals surface area contributed by atoms with Crippen molar-refractivity contribution in [2.75, 3.05) is 52.3 Å². The molecule has 0 aliphatic carbocycles. The molecule has 0 unspecified atom stereocenters. The number of hydrogen-bond donors (Lipinski definition) is 0. The van der Waals surface area contributed by atoms with Gasteiger partial charge in [-0.05, 0) is 0 Å². The Balaban J connectivity index is 1.72. The van der Waals surface area contributed by atoms with Crippen molar-refractivity contribution in [2.24, 2.45) is 0 Å². The zero-order valence-electron chi connectivity index (χ0n) is 10.7. The lowest BCUT2D eigenvalue weighted by molar-refractivity contribution is 0.174. The summed E-state index contributed by atoms with van der Waals surface area (Å²) in [5.41, 5.74) is 0.